The molecule has 0 bridgehead atoms. The Morgan fingerprint density at radius 3 is 2.25 bits per heavy atom. The highest BCUT2D eigenvalue weighted by atomic mass is 16.5. The Morgan fingerprint density at radius 1 is 1.08 bits per heavy atom. The van der Waals surface area contributed by atoms with Gasteiger partial charge in [0.15, 0.2) is 0 Å². The second-order valence-electron chi connectivity index (χ2n) is 6.69. The van der Waals surface area contributed by atoms with E-state index in [-0.39, 0.29) is 17.4 Å². The lowest BCUT2D eigenvalue weighted by Crippen LogP contribution is -2.49. The fourth-order valence-corrected chi connectivity index (χ4v) is 3.42. The molecule has 0 radical (unpaired) electrons. The Hall–Kier alpha value is -2.13. The average Bonchev–Trinajstić information content (AvgIpc) is 2.59. The van der Waals surface area contributed by atoms with Gasteiger partial charge in [0.1, 0.15) is 0 Å². The molecule has 0 spiro atoms. The molecule has 126 valence electrons. The normalized spacial score (nSPS) is 16.9. The van der Waals surface area contributed by atoms with E-state index >= 15 is 0 Å². The number of methoxy groups -OCH3 is 1. The van der Waals surface area contributed by atoms with Gasteiger partial charge in [-0.1, -0.05) is 67.1 Å². The Balaban J connectivity index is 1.78. The summed E-state index contributed by atoms with van der Waals surface area (Å²) in [7, 11) is 1.67. The van der Waals surface area contributed by atoms with Crippen LogP contribution in [-0.4, -0.2) is 19.6 Å². The van der Waals surface area contributed by atoms with Crippen LogP contribution in [0.2, 0.25) is 0 Å². The molecule has 0 saturated heterocycles. The summed E-state index contributed by atoms with van der Waals surface area (Å²) < 4.78 is 5.31. The summed E-state index contributed by atoms with van der Waals surface area (Å²) in [6, 6.07) is 20.5. The van der Waals surface area contributed by atoms with Crippen LogP contribution in [-0.2, 0) is 16.0 Å². The molecule has 2 aromatic rings. The van der Waals surface area contributed by atoms with Gasteiger partial charge in [-0.2, -0.15) is 0 Å². The van der Waals surface area contributed by atoms with Crippen LogP contribution in [0.1, 0.15) is 36.4 Å². The van der Waals surface area contributed by atoms with Gasteiger partial charge in [0.25, 0.3) is 0 Å². The van der Waals surface area contributed by atoms with Gasteiger partial charge in [-0.25, -0.2) is 0 Å². The van der Waals surface area contributed by atoms with E-state index in [0.717, 1.165) is 31.2 Å². The first-order valence-corrected chi connectivity index (χ1v) is 8.62. The standard InChI is InChI=1S/C21H25NO2/c1-24-16-21(13-8-14-21)20(23)22-19(18-11-6-3-7-12-18)15-17-9-4-2-5-10-17/h2-7,9-12,19H,8,13-16H2,1H3,(H,22,23)/t19-/m1/s1. The van der Waals surface area contributed by atoms with Crippen molar-refractivity contribution >= 4 is 5.91 Å². The van der Waals surface area contributed by atoms with Crippen molar-refractivity contribution < 1.29 is 9.53 Å². The van der Waals surface area contributed by atoms with Crippen LogP contribution in [0.5, 0.6) is 0 Å². The minimum absolute atomic E-state index is 0.0181. The maximum Gasteiger partial charge on any atom is 0.229 e. The fourth-order valence-electron chi connectivity index (χ4n) is 3.42. The Labute approximate surface area is 144 Å². The van der Waals surface area contributed by atoms with Crippen molar-refractivity contribution in [2.45, 2.75) is 31.7 Å². The molecule has 3 nitrogen and oxygen atoms in total. The zero-order valence-corrected chi connectivity index (χ0v) is 14.2. The molecular formula is C21H25NO2. The summed E-state index contributed by atoms with van der Waals surface area (Å²) in [5.74, 6) is 0.125. The van der Waals surface area contributed by atoms with Gasteiger partial charge < -0.3 is 10.1 Å². The Kier molecular flexibility index (Phi) is 5.31. The molecule has 0 aromatic heterocycles. The molecule has 24 heavy (non-hydrogen) atoms. The fraction of sp³-hybridized carbons (Fsp3) is 0.381. The summed E-state index contributed by atoms with van der Waals surface area (Å²) in [5, 5.41) is 3.29. The largest absolute Gasteiger partial charge is 0.384 e. The number of rotatable bonds is 7. The zero-order valence-electron chi connectivity index (χ0n) is 14.2. The molecule has 1 N–H and O–H groups in total. The highest BCUT2D eigenvalue weighted by Crippen LogP contribution is 2.41. The van der Waals surface area contributed by atoms with Gasteiger partial charge >= 0.3 is 0 Å². The number of hydrogen-bond acceptors (Lipinski definition) is 2. The third kappa shape index (κ3) is 3.68. The van der Waals surface area contributed by atoms with Crippen LogP contribution in [0.25, 0.3) is 0 Å². The van der Waals surface area contributed by atoms with Crippen molar-refractivity contribution in [3.05, 3.63) is 71.8 Å². The minimum atomic E-state index is -0.335. The van der Waals surface area contributed by atoms with Crippen molar-refractivity contribution in [1.29, 1.82) is 0 Å². The molecule has 1 atom stereocenters. The maximum atomic E-state index is 12.9. The van der Waals surface area contributed by atoms with E-state index in [4.69, 9.17) is 4.74 Å². The van der Waals surface area contributed by atoms with Gasteiger partial charge in [0, 0.05) is 7.11 Å². The first-order valence-electron chi connectivity index (χ1n) is 8.62. The number of carbonyl (C=O) groups excluding carboxylic acids is 1. The van der Waals surface area contributed by atoms with E-state index in [1.807, 2.05) is 36.4 Å². The maximum absolute atomic E-state index is 12.9. The van der Waals surface area contributed by atoms with Crippen LogP contribution >= 0.6 is 0 Å². The number of ether oxygens (including phenoxy) is 1. The molecule has 0 heterocycles. The molecule has 1 aliphatic rings. The molecule has 0 unspecified atom stereocenters. The van der Waals surface area contributed by atoms with Crippen LogP contribution in [0.3, 0.4) is 0 Å². The van der Waals surface area contributed by atoms with E-state index < -0.39 is 0 Å². The van der Waals surface area contributed by atoms with Crippen molar-refractivity contribution in [2.75, 3.05) is 13.7 Å². The predicted octanol–water partition coefficient (Wildman–Crippen LogP) is 3.90. The number of carbonyl (C=O) groups is 1. The topological polar surface area (TPSA) is 38.3 Å². The Bertz CT molecular complexity index is 650. The van der Waals surface area contributed by atoms with E-state index in [9.17, 15) is 4.79 Å². The first kappa shape index (κ1) is 16.7. The van der Waals surface area contributed by atoms with Crippen molar-refractivity contribution in [1.82, 2.24) is 5.32 Å². The van der Waals surface area contributed by atoms with Crippen LogP contribution in [0, 0.1) is 5.41 Å². The minimum Gasteiger partial charge on any atom is -0.384 e. The molecular weight excluding hydrogens is 298 g/mol. The lowest BCUT2D eigenvalue weighted by Gasteiger charge is -2.40. The van der Waals surface area contributed by atoms with Crippen molar-refractivity contribution in [2.24, 2.45) is 5.41 Å². The third-order valence-corrected chi connectivity index (χ3v) is 5.00. The van der Waals surface area contributed by atoms with Gasteiger partial charge in [-0.15, -0.1) is 0 Å². The lowest BCUT2D eigenvalue weighted by atomic mass is 9.68. The number of benzene rings is 2. The lowest BCUT2D eigenvalue weighted by molar-refractivity contribution is -0.141. The monoisotopic (exact) mass is 323 g/mol. The summed E-state index contributed by atoms with van der Waals surface area (Å²) in [6.07, 6.45) is 3.73. The molecule has 1 saturated carbocycles. The molecule has 1 aliphatic carbocycles. The SMILES string of the molecule is COCC1(C(=O)N[C@H](Cc2ccccc2)c2ccccc2)CCC1. The average molecular weight is 323 g/mol. The first-order chi connectivity index (χ1) is 11.7. The summed E-state index contributed by atoms with van der Waals surface area (Å²) >= 11 is 0. The van der Waals surface area contributed by atoms with E-state index in [2.05, 4.69) is 29.6 Å². The van der Waals surface area contributed by atoms with Crippen LogP contribution in [0.15, 0.2) is 60.7 Å². The van der Waals surface area contributed by atoms with E-state index in [1.54, 1.807) is 7.11 Å². The molecule has 2 aromatic carbocycles. The second kappa shape index (κ2) is 7.63. The highest BCUT2D eigenvalue weighted by Gasteiger charge is 2.44. The molecule has 3 rings (SSSR count). The van der Waals surface area contributed by atoms with Crippen molar-refractivity contribution in [3.8, 4) is 0 Å². The zero-order chi connectivity index (χ0) is 16.8. The number of hydrogen-bond donors (Lipinski definition) is 1. The van der Waals surface area contributed by atoms with Crippen molar-refractivity contribution in [3.63, 3.8) is 0 Å². The van der Waals surface area contributed by atoms with Crippen LogP contribution in [0.4, 0.5) is 0 Å². The van der Waals surface area contributed by atoms with E-state index in [1.165, 1.54) is 5.56 Å². The summed E-state index contributed by atoms with van der Waals surface area (Å²) in [5.41, 5.74) is 2.03. The van der Waals surface area contributed by atoms with Gasteiger partial charge in [-0.05, 0) is 30.4 Å². The molecule has 1 amide bonds. The Morgan fingerprint density at radius 2 is 1.71 bits per heavy atom. The summed E-state index contributed by atoms with van der Waals surface area (Å²) in [4.78, 5) is 12.9. The second-order valence-corrected chi connectivity index (χ2v) is 6.69. The number of amides is 1. The molecule has 0 aliphatic heterocycles. The van der Waals surface area contributed by atoms with Gasteiger partial charge in [0.05, 0.1) is 18.1 Å². The molecule has 1 fully saturated rings. The van der Waals surface area contributed by atoms with Gasteiger partial charge in [0.2, 0.25) is 5.91 Å². The smallest absolute Gasteiger partial charge is 0.229 e. The molecule has 3 heteroatoms. The third-order valence-electron chi connectivity index (χ3n) is 5.00. The van der Waals surface area contributed by atoms with Gasteiger partial charge in [-0.3, -0.25) is 4.79 Å². The quantitative estimate of drug-likeness (QED) is 0.839. The van der Waals surface area contributed by atoms with E-state index in [0.29, 0.717) is 6.61 Å². The summed E-state index contributed by atoms with van der Waals surface area (Å²) in [6.45, 7) is 0.506. The predicted molar refractivity (Wildman–Crippen MR) is 95.6 cm³/mol. The number of nitrogens with one attached hydrogen (secondary N) is 1. The van der Waals surface area contributed by atoms with Crippen LogP contribution < -0.4 is 5.32 Å². The highest BCUT2D eigenvalue weighted by molar-refractivity contribution is 5.84.